The number of hydrogen-bond donors (Lipinski definition) is 4. The summed E-state index contributed by atoms with van der Waals surface area (Å²) < 4.78 is 9.26. The minimum atomic E-state index is -0.920. The van der Waals surface area contributed by atoms with Gasteiger partial charge in [-0.2, -0.15) is 9.97 Å². The second kappa shape index (κ2) is 12.3. The number of esters is 2. The van der Waals surface area contributed by atoms with Crippen molar-refractivity contribution in [3.8, 4) is 5.88 Å². The van der Waals surface area contributed by atoms with Crippen molar-refractivity contribution in [1.82, 2.24) is 15.3 Å². The van der Waals surface area contributed by atoms with Gasteiger partial charge in [-0.25, -0.2) is 4.79 Å². The van der Waals surface area contributed by atoms with Crippen molar-refractivity contribution in [3.05, 3.63) is 5.56 Å². The SMILES string of the molecule is COC(=O)CC[C@H](NC(=O)CCCC1CNc2nc(NC(=O)C(C)(C)C)nc(O)c2C1)C(=O)OC. The maximum atomic E-state index is 12.3. The summed E-state index contributed by atoms with van der Waals surface area (Å²) in [5.41, 5.74) is -0.0641. The molecule has 194 valence electrons. The standard InChI is InChI=1S/C23H35N5O7/c1-23(2,3)21(33)28-22-26-18-14(19(31)27-22)11-13(12-24-18)7-6-8-16(29)25-15(20(32)35-5)9-10-17(30)34-4/h13,15H,6-12H2,1-5H3,(H,25,29)(H3,24,26,27,28,31,33)/t13?,15-/m0/s1. The van der Waals surface area contributed by atoms with E-state index in [0.29, 0.717) is 37.2 Å². The van der Waals surface area contributed by atoms with Crippen LogP contribution in [-0.2, 0) is 35.1 Å². The number of aromatic hydroxyl groups is 1. The van der Waals surface area contributed by atoms with E-state index in [-0.39, 0.29) is 48.8 Å². The van der Waals surface area contributed by atoms with Crippen LogP contribution in [0, 0.1) is 11.3 Å². The van der Waals surface area contributed by atoms with Gasteiger partial charge in [0.25, 0.3) is 0 Å². The molecule has 12 heteroatoms. The van der Waals surface area contributed by atoms with Crippen LogP contribution in [0.4, 0.5) is 11.8 Å². The maximum absolute atomic E-state index is 12.3. The second-order valence-electron chi connectivity index (χ2n) is 9.50. The maximum Gasteiger partial charge on any atom is 0.328 e. The fourth-order valence-corrected chi connectivity index (χ4v) is 3.53. The molecule has 4 N–H and O–H groups in total. The lowest BCUT2D eigenvalue weighted by atomic mass is 9.91. The van der Waals surface area contributed by atoms with Gasteiger partial charge in [-0.15, -0.1) is 0 Å². The first-order valence-electron chi connectivity index (χ1n) is 11.5. The molecule has 1 aromatic heterocycles. The Morgan fingerprint density at radius 1 is 1.14 bits per heavy atom. The minimum Gasteiger partial charge on any atom is -0.493 e. The average Bonchev–Trinajstić information content (AvgIpc) is 2.80. The van der Waals surface area contributed by atoms with Gasteiger partial charge in [0.05, 0.1) is 19.8 Å². The zero-order valence-electron chi connectivity index (χ0n) is 20.9. The number of anilines is 2. The van der Waals surface area contributed by atoms with E-state index in [1.54, 1.807) is 20.8 Å². The number of carbonyl (C=O) groups excluding carboxylic acids is 4. The molecule has 0 radical (unpaired) electrons. The van der Waals surface area contributed by atoms with Crippen molar-refractivity contribution >= 4 is 35.5 Å². The van der Waals surface area contributed by atoms with E-state index in [2.05, 4.69) is 30.7 Å². The fraction of sp³-hybridized carbons (Fsp3) is 0.652. The number of nitrogens with zero attached hydrogens (tertiary/aromatic N) is 2. The summed E-state index contributed by atoms with van der Waals surface area (Å²) >= 11 is 0. The highest BCUT2D eigenvalue weighted by Crippen LogP contribution is 2.32. The lowest BCUT2D eigenvalue weighted by Gasteiger charge is -2.26. The molecule has 12 nitrogen and oxygen atoms in total. The summed E-state index contributed by atoms with van der Waals surface area (Å²) in [5, 5.41) is 18.8. The highest BCUT2D eigenvalue weighted by Gasteiger charge is 2.27. The Balaban J connectivity index is 1.86. The molecule has 0 saturated heterocycles. The molecule has 0 bridgehead atoms. The fourth-order valence-electron chi connectivity index (χ4n) is 3.53. The van der Waals surface area contributed by atoms with Crippen molar-refractivity contribution in [2.45, 2.75) is 65.3 Å². The van der Waals surface area contributed by atoms with Crippen LogP contribution in [0.1, 0.15) is 58.4 Å². The molecular formula is C23H35N5O7. The van der Waals surface area contributed by atoms with Crippen molar-refractivity contribution in [1.29, 1.82) is 0 Å². The zero-order chi connectivity index (χ0) is 26.2. The number of rotatable bonds is 10. The van der Waals surface area contributed by atoms with Gasteiger partial charge in [-0.1, -0.05) is 20.8 Å². The van der Waals surface area contributed by atoms with E-state index in [1.807, 2.05) is 0 Å². The molecule has 0 spiro atoms. The Kier molecular flexibility index (Phi) is 9.78. The van der Waals surface area contributed by atoms with Crippen LogP contribution in [-0.4, -0.2) is 65.6 Å². The molecule has 0 aromatic carbocycles. The van der Waals surface area contributed by atoms with Gasteiger partial charge < -0.3 is 25.2 Å². The van der Waals surface area contributed by atoms with Gasteiger partial charge in [-0.05, 0) is 31.6 Å². The first kappa shape index (κ1) is 27.8. The lowest BCUT2D eigenvalue weighted by Crippen LogP contribution is -2.41. The van der Waals surface area contributed by atoms with E-state index in [9.17, 15) is 24.3 Å². The summed E-state index contributed by atoms with van der Waals surface area (Å²) in [4.78, 5) is 56.1. The number of nitrogens with one attached hydrogen (secondary N) is 3. The lowest BCUT2D eigenvalue weighted by molar-refractivity contribution is -0.146. The quantitative estimate of drug-likeness (QED) is 0.351. The number of ether oxygens (including phenoxy) is 2. The van der Waals surface area contributed by atoms with E-state index < -0.39 is 23.4 Å². The highest BCUT2D eigenvalue weighted by molar-refractivity contribution is 5.93. The first-order chi connectivity index (χ1) is 16.4. The number of hydrogen-bond acceptors (Lipinski definition) is 10. The van der Waals surface area contributed by atoms with Gasteiger partial charge in [-0.3, -0.25) is 19.7 Å². The monoisotopic (exact) mass is 493 g/mol. The van der Waals surface area contributed by atoms with Gasteiger partial charge >= 0.3 is 11.9 Å². The third-order valence-corrected chi connectivity index (χ3v) is 5.64. The molecule has 1 aliphatic heterocycles. The first-order valence-corrected chi connectivity index (χ1v) is 11.5. The minimum absolute atomic E-state index is 0.0170. The largest absolute Gasteiger partial charge is 0.493 e. The molecule has 0 saturated carbocycles. The second-order valence-corrected chi connectivity index (χ2v) is 9.50. The Labute approximate surface area is 204 Å². The number of fused-ring (bicyclic) bond motifs is 1. The third-order valence-electron chi connectivity index (χ3n) is 5.64. The molecule has 2 rings (SSSR count). The zero-order valence-corrected chi connectivity index (χ0v) is 20.9. The number of aromatic nitrogens is 2. The summed E-state index contributed by atoms with van der Waals surface area (Å²) in [5.74, 6) is -1.23. The highest BCUT2D eigenvalue weighted by atomic mass is 16.5. The molecule has 2 heterocycles. The number of methoxy groups -OCH3 is 2. The van der Waals surface area contributed by atoms with Gasteiger partial charge in [0, 0.05) is 24.8 Å². The van der Waals surface area contributed by atoms with Crippen LogP contribution in [0.2, 0.25) is 0 Å². The number of amides is 2. The normalized spacial score (nSPS) is 15.7. The topological polar surface area (TPSA) is 169 Å². The van der Waals surface area contributed by atoms with Crippen LogP contribution < -0.4 is 16.0 Å². The van der Waals surface area contributed by atoms with E-state index >= 15 is 0 Å². The molecule has 0 aliphatic carbocycles. The van der Waals surface area contributed by atoms with E-state index in [0.717, 1.165) is 0 Å². The van der Waals surface area contributed by atoms with Crippen LogP contribution in [0.25, 0.3) is 0 Å². The molecule has 1 unspecified atom stereocenters. The Morgan fingerprint density at radius 2 is 1.86 bits per heavy atom. The van der Waals surface area contributed by atoms with Crippen LogP contribution in [0.3, 0.4) is 0 Å². The van der Waals surface area contributed by atoms with Crippen LogP contribution in [0.5, 0.6) is 5.88 Å². The van der Waals surface area contributed by atoms with E-state index in [4.69, 9.17) is 4.74 Å². The molecule has 2 amide bonds. The molecule has 0 fully saturated rings. The summed E-state index contributed by atoms with van der Waals surface area (Å²) in [6.45, 7) is 5.88. The van der Waals surface area contributed by atoms with Crippen molar-refractivity contribution in [2.75, 3.05) is 31.4 Å². The van der Waals surface area contributed by atoms with Crippen molar-refractivity contribution < 1.29 is 33.8 Å². The van der Waals surface area contributed by atoms with Gasteiger partial charge in [0.2, 0.25) is 23.6 Å². The summed E-state index contributed by atoms with van der Waals surface area (Å²) in [6.07, 6.45) is 2.03. The van der Waals surface area contributed by atoms with Gasteiger partial charge in [0.15, 0.2) is 0 Å². The van der Waals surface area contributed by atoms with Crippen molar-refractivity contribution in [2.24, 2.45) is 11.3 Å². The Bertz CT molecular complexity index is 945. The summed E-state index contributed by atoms with van der Waals surface area (Å²) in [7, 11) is 2.47. The molecular weight excluding hydrogens is 458 g/mol. The molecule has 1 aliphatic rings. The number of carbonyl (C=O) groups is 4. The predicted octanol–water partition coefficient (Wildman–Crippen LogP) is 1.53. The molecule has 1 aromatic rings. The Morgan fingerprint density at radius 3 is 2.49 bits per heavy atom. The molecule has 2 atom stereocenters. The average molecular weight is 494 g/mol. The smallest absolute Gasteiger partial charge is 0.328 e. The van der Waals surface area contributed by atoms with Crippen molar-refractivity contribution in [3.63, 3.8) is 0 Å². The third kappa shape index (κ3) is 8.37. The van der Waals surface area contributed by atoms with Gasteiger partial charge in [0.1, 0.15) is 11.9 Å². The predicted molar refractivity (Wildman–Crippen MR) is 127 cm³/mol. The summed E-state index contributed by atoms with van der Waals surface area (Å²) in [6, 6.07) is -0.920. The molecule has 35 heavy (non-hydrogen) atoms. The van der Waals surface area contributed by atoms with Crippen LogP contribution in [0.15, 0.2) is 0 Å². The Hall–Kier alpha value is -3.44. The van der Waals surface area contributed by atoms with Crippen LogP contribution >= 0.6 is 0 Å². The van der Waals surface area contributed by atoms with E-state index in [1.165, 1.54) is 14.2 Å².